The molecule has 1 amide bonds. The molecule has 3 heterocycles. The molecule has 4 rings (SSSR count). The van der Waals surface area contributed by atoms with Crippen molar-refractivity contribution in [1.82, 2.24) is 15.2 Å². The molecule has 0 saturated carbocycles. The Morgan fingerprint density at radius 1 is 1.15 bits per heavy atom. The third kappa shape index (κ3) is 4.21. The van der Waals surface area contributed by atoms with E-state index in [1.165, 1.54) is 0 Å². The van der Waals surface area contributed by atoms with Gasteiger partial charge < -0.3 is 10.1 Å². The third-order valence-corrected chi connectivity index (χ3v) is 4.72. The Morgan fingerprint density at radius 2 is 2.11 bits per heavy atom. The Balaban J connectivity index is 1.41. The van der Waals surface area contributed by atoms with Gasteiger partial charge in [0.15, 0.2) is 5.69 Å². The van der Waals surface area contributed by atoms with Crippen LogP contribution >= 0.6 is 11.3 Å². The average Bonchev–Trinajstić information content (AvgIpc) is 3.39. The summed E-state index contributed by atoms with van der Waals surface area (Å²) in [7, 11) is 0. The largest absolute Gasteiger partial charge is 0.489 e. The van der Waals surface area contributed by atoms with Crippen LogP contribution in [0.3, 0.4) is 0 Å². The van der Waals surface area contributed by atoms with Crippen LogP contribution in [0.15, 0.2) is 72.4 Å². The van der Waals surface area contributed by atoms with Gasteiger partial charge in [-0.1, -0.05) is 18.2 Å². The monoisotopic (exact) mass is 376 g/mol. The minimum absolute atomic E-state index is 0.279. The number of ether oxygens (including phenoxy) is 1. The topological polar surface area (TPSA) is 79.9 Å². The molecule has 134 valence electrons. The molecule has 0 aliphatic heterocycles. The fourth-order valence-electron chi connectivity index (χ4n) is 2.51. The van der Waals surface area contributed by atoms with Crippen LogP contribution in [0.1, 0.15) is 16.1 Å². The zero-order valence-corrected chi connectivity index (χ0v) is 15.1. The predicted octanol–water partition coefficient (Wildman–Crippen LogP) is 4.36. The fourth-order valence-corrected chi connectivity index (χ4v) is 3.20. The van der Waals surface area contributed by atoms with Crippen LogP contribution in [0.25, 0.3) is 10.6 Å². The highest BCUT2D eigenvalue weighted by molar-refractivity contribution is 7.13. The molecule has 1 aromatic carbocycles. The summed E-state index contributed by atoms with van der Waals surface area (Å²) in [5.41, 5.74) is 2.78. The molecule has 0 radical (unpaired) electrons. The minimum atomic E-state index is -0.279. The zero-order valence-electron chi connectivity index (χ0n) is 14.3. The van der Waals surface area contributed by atoms with Crippen LogP contribution < -0.4 is 10.1 Å². The lowest BCUT2D eigenvalue weighted by Gasteiger charge is -2.08. The number of amides is 1. The average molecular weight is 376 g/mol. The number of aromatic amines is 1. The molecular formula is C20H16N4O2S. The number of anilines is 1. The second-order valence-electron chi connectivity index (χ2n) is 5.78. The Bertz CT molecular complexity index is 1030. The molecule has 4 aromatic rings. The van der Waals surface area contributed by atoms with Gasteiger partial charge in [-0.3, -0.25) is 14.9 Å². The van der Waals surface area contributed by atoms with Gasteiger partial charge in [-0.05, 0) is 35.7 Å². The molecule has 0 aliphatic rings. The number of carbonyl (C=O) groups excluding carboxylic acids is 1. The van der Waals surface area contributed by atoms with Crippen molar-refractivity contribution < 1.29 is 9.53 Å². The van der Waals surface area contributed by atoms with Crippen molar-refractivity contribution in [1.29, 1.82) is 0 Å². The molecule has 0 atom stereocenters. The van der Waals surface area contributed by atoms with Crippen molar-refractivity contribution in [2.24, 2.45) is 0 Å². The number of nitrogens with one attached hydrogen (secondary N) is 2. The van der Waals surface area contributed by atoms with Crippen molar-refractivity contribution in [2.75, 3.05) is 5.32 Å². The normalized spacial score (nSPS) is 10.5. The number of pyridine rings is 1. The van der Waals surface area contributed by atoms with Gasteiger partial charge in [0.05, 0.1) is 10.6 Å². The lowest BCUT2D eigenvalue weighted by atomic mass is 10.2. The van der Waals surface area contributed by atoms with Gasteiger partial charge in [0, 0.05) is 29.7 Å². The van der Waals surface area contributed by atoms with E-state index in [-0.39, 0.29) is 5.91 Å². The van der Waals surface area contributed by atoms with Gasteiger partial charge in [-0.2, -0.15) is 5.10 Å². The number of thiophene rings is 1. The van der Waals surface area contributed by atoms with Crippen LogP contribution in [-0.4, -0.2) is 21.1 Å². The van der Waals surface area contributed by atoms with E-state index in [0.717, 1.165) is 16.1 Å². The van der Waals surface area contributed by atoms with Gasteiger partial charge >= 0.3 is 0 Å². The Kier molecular flexibility index (Phi) is 4.93. The van der Waals surface area contributed by atoms with Crippen LogP contribution in [0.2, 0.25) is 0 Å². The van der Waals surface area contributed by atoms with E-state index in [9.17, 15) is 4.79 Å². The van der Waals surface area contributed by atoms with E-state index in [4.69, 9.17) is 4.74 Å². The van der Waals surface area contributed by atoms with Crippen LogP contribution in [0.5, 0.6) is 5.75 Å². The first kappa shape index (κ1) is 17.0. The molecule has 7 heteroatoms. The summed E-state index contributed by atoms with van der Waals surface area (Å²) in [4.78, 5) is 17.5. The van der Waals surface area contributed by atoms with E-state index in [1.807, 2.05) is 47.8 Å². The number of H-pyrrole nitrogens is 1. The Morgan fingerprint density at radius 3 is 2.93 bits per heavy atom. The van der Waals surface area contributed by atoms with Gasteiger partial charge in [0.2, 0.25) is 0 Å². The molecular weight excluding hydrogens is 360 g/mol. The highest BCUT2D eigenvalue weighted by Gasteiger charge is 2.12. The van der Waals surface area contributed by atoms with Crippen LogP contribution in [0, 0.1) is 0 Å². The number of benzene rings is 1. The standard InChI is InChI=1S/C20H16N4O2S/c25-20(18-11-17(23-24-18)19-7-3-9-27-19)22-15-5-1-6-16(10-15)26-13-14-4-2-8-21-12-14/h1-12H,13H2,(H,22,25)(H,23,24). The predicted molar refractivity (Wildman–Crippen MR) is 105 cm³/mol. The minimum Gasteiger partial charge on any atom is -0.489 e. The molecule has 0 spiro atoms. The fraction of sp³-hybridized carbons (Fsp3) is 0.0500. The van der Waals surface area contributed by atoms with Gasteiger partial charge in [0.25, 0.3) is 5.91 Å². The molecule has 0 unspecified atom stereocenters. The summed E-state index contributed by atoms with van der Waals surface area (Å²) in [6, 6.07) is 16.7. The SMILES string of the molecule is O=C(Nc1cccc(OCc2cccnc2)c1)c1cc(-c2cccs2)[nH]n1. The van der Waals surface area contributed by atoms with Crippen LogP contribution in [0.4, 0.5) is 5.69 Å². The molecule has 27 heavy (non-hydrogen) atoms. The number of rotatable bonds is 6. The summed E-state index contributed by atoms with van der Waals surface area (Å²) in [5, 5.41) is 11.8. The molecule has 0 aliphatic carbocycles. The maximum Gasteiger partial charge on any atom is 0.276 e. The molecule has 0 fully saturated rings. The molecule has 2 N–H and O–H groups in total. The Hall–Kier alpha value is -3.45. The zero-order chi connectivity index (χ0) is 18.5. The highest BCUT2D eigenvalue weighted by Crippen LogP contribution is 2.24. The number of hydrogen-bond donors (Lipinski definition) is 2. The van der Waals surface area contributed by atoms with Crippen molar-refractivity contribution in [3.8, 4) is 16.3 Å². The first-order chi connectivity index (χ1) is 13.3. The first-order valence-corrected chi connectivity index (χ1v) is 9.18. The smallest absolute Gasteiger partial charge is 0.276 e. The maximum absolute atomic E-state index is 12.4. The second kappa shape index (κ2) is 7.84. The number of hydrogen-bond acceptors (Lipinski definition) is 5. The summed E-state index contributed by atoms with van der Waals surface area (Å²) >= 11 is 1.59. The van der Waals surface area contributed by atoms with Gasteiger partial charge in [-0.25, -0.2) is 0 Å². The van der Waals surface area contributed by atoms with E-state index in [2.05, 4.69) is 20.5 Å². The van der Waals surface area contributed by atoms with Crippen molar-refractivity contribution >= 4 is 22.9 Å². The van der Waals surface area contributed by atoms with Crippen LogP contribution in [-0.2, 0) is 6.61 Å². The first-order valence-electron chi connectivity index (χ1n) is 8.30. The lowest BCUT2D eigenvalue weighted by molar-refractivity contribution is 0.102. The van der Waals surface area contributed by atoms with Gasteiger partial charge in [-0.15, -0.1) is 11.3 Å². The van der Waals surface area contributed by atoms with E-state index >= 15 is 0 Å². The van der Waals surface area contributed by atoms with E-state index in [1.54, 1.807) is 35.9 Å². The van der Waals surface area contributed by atoms with E-state index in [0.29, 0.717) is 23.7 Å². The summed E-state index contributed by atoms with van der Waals surface area (Å²) in [5.74, 6) is 0.386. The number of aromatic nitrogens is 3. The molecule has 6 nitrogen and oxygen atoms in total. The third-order valence-electron chi connectivity index (χ3n) is 3.82. The lowest BCUT2D eigenvalue weighted by Crippen LogP contribution is -2.12. The molecule has 0 saturated heterocycles. The quantitative estimate of drug-likeness (QED) is 0.524. The van der Waals surface area contributed by atoms with Gasteiger partial charge in [0.1, 0.15) is 12.4 Å². The molecule has 3 aromatic heterocycles. The summed E-state index contributed by atoms with van der Waals surface area (Å²) in [6.45, 7) is 0.411. The Labute approximate surface area is 159 Å². The summed E-state index contributed by atoms with van der Waals surface area (Å²) < 4.78 is 5.76. The van der Waals surface area contributed by atoms with E-state index < -0.39 is 0 Å². The number of carbonyl (C=O) groups is 1. The summed E-state index contributed by atoms with van der Waals surface area (Å²) in [6.07, 6.45) is 3.48. The maximum atomic E-state index is 12.4. The second-order valence-corrected chi connectivity index (χ2v) is 6.72. The van der Waals surface area contributed by atoms with Crippen molar-refractivity contribution in [3.63, 3.8) is 0 Å². The van der Waals surface area contributed by atoms with Crippen molar-refractivity contribution in [3.05, 3.63) is 83.6 Å². The highest BCUT2D eigenvalue weighted by atomic mass is 32.1. The number of nitrogens with zero attached hydrogens (tertiary/aromatic N) is 2. The van der Waals surface area contributed by atoms with Crippen molar-refractivity contribution in [2.45, 2.75) is 6.61 Å². The molecule has 0 bridgehead atoms.